The molecule has 0 unspecified atom stereocenters. The van der Waals surface area contributed by atoms with Crippen LogP contribution < -0.4 is 4.74 Å². The van der Waals surface area contributed by atoms with Gasteiger partial charge in [0.15, 0.2) is 0 Å². The van der Waals surface area contributed by atoms with Crippen molar-refractivity contribution in [3.8, 4) is 5.75 Å². The van der Waals surface area contributed by atoms with E-state index in [0.29, 0.717) is 0 Å². The number of allylic oxidation sites excluding steroid dienone is 1. The van der Waals surface area contributed by atoms with Gasteiger partial charge in [-0.15, -0.1) is 0 Å². The van der Waals surface area contributed by atoms with Crippen molar-refractivity contribution >= 4 is 17.4 Å². The molecule has 0 spiro atoms. The fraction of sp³-hybridized carbons (Fsp3) is 0.111. The predicted octanol–water partition coefficient (Wildman–Crippen LogP) is 1.75. The van der Waals surface area contributed by atoms with Gasteiger partial charge in [-0.1, -0.05) is 18.2 Å². The van der Waals surface area contributed by atoms with Crippen LogP contribution in [0.25, 0.3) is 0 Å². The van der Waals surface area contributed by atoms with E-state index in [1.165, 1.54) is 5.56 Å². The van der Waals surface area contributed by atoms with Crippen molar-refractivity contribution in [2.24, 2.45) is 0 Å². The number of fused-ring (bicyclic) bond motifs is 1. The van der Waals surface area contributed by atoms with Gasteiger partial charge in [-0.05, 0) is 24.1 Å². The molecule has 1 aliphatic heterocycles. The van der Waals surface area contributed by atoms with Crippen LogP contribution in [0.15, 0.2) is 36.6 Å². The zero-order valence-corrected chi connectivity index (χ0v) is 8.69. The Morgan fingerprint density at radius 2 is 1.92 bits per heavy atom. The van der Waals surface area contributed by atoms with Crippen LogP contribution in [-0.4, -0.2) is 17.4 Å². The summed E-state index contributed by atoms with van der Waals surface area (Å²) >= 11 is 0. The van der Waals surface area contributed by atoms with Crippen LogP contribution in [0.2, 0.25) is 0 Å². The maximum atomic E-state index is 5.24. The first kappa shape index (κ1) is 11.8. The normalized spacial score (nSPS) is 11.7. The first-order valence-electron chi connectivity index (χ1n) is 3.36. The van der Waals surface area contributed by atoms with Crippen LogP contribution in [0.3, 0.4) is 0 Å². The third-order valence-electron chi connectivity index (χ3n) is 1.60. The van der Waals surface area contributed by atoms with Crippen LogP contribution in [-0.2, 0) is 23.2 Å². The average Bonchev–Trinajstić information content (AvgIpc) is 2.05. The molecular formula is C9H8AlCoO. The van der Waals surface area contributed by atoms with Gasteiger partial charge in [-0.2, -0.15) is 0 Å². The monoisotopic (exact) mass is 218 g/mol. The molecule has 0 amide bonds. The van der Waals surface area contributed by atoms with Crippen molar-refractivity contribution in [1.29, 1.82) is 0 Å². The summed E-state index contributed by atoms with van der Waals surface area (Å²) < 4.78 is 5.24. The topological polar surface area (TPSA) is 9.23 Å². The minimum absolute atomic E-state index is 0. The first-order chi connectivity index (χ1) is 4.97. The SMILES string of the molecule is C1=COc2ccccc2C1.[Al].[Co]. The number of benzene rings is 1. The van der Waals surface area contributed by atoms with Gasteiger partial charge in [0, 0.05) is 34.1 Å². The molecule has 4 radical (unpaired) electrons. The van der Waals surface area contributed by atoms with E-state index in [9.17, 15) is 0 Å². The summed E-state index contributed by atoms with van der Waals surface area (Å²) in [7, 11) is 0. The van der Waals surface area contributed by atoms with Crippen molar-refractivity contribution in [2.75, 3.05) is 0 Å². The number of hydrogen-bond donors (Lipinski definition) is 0. The molecule has 0 saturated carbocycles. The Balaban J connectivity index is 0.000000605. The Hall–Kier alpha value is -0.201. The molecule has 1 aliphatic rings. The Bertz CT molecular complexity index is 246. The van der Waals surface area contributed by atoms with Crippen LogP contribution in [0, 0.1) is 0 Å². The van der Waals surface area contributed by atoms with Gasteiger partial charge in [0.05, 0.1) is 6.26 Å². The van der Waals surface area contributed by atoms with E-state index in [0.717, 1.165) is 12.2 Å². The van der Waals surface area contributed by atoms with Gasteiger partial charge in [-0.3, -0.25) is 0 Å². The van der Waals surface area contributed by atoms with Gasteiger partial charge in [0.1, 0.15) is 5.75 Å². The second-order valence-electron chi connectivity index (χ2n) is 2.30. The third-order valence-corrected chi connectivity index (χ3v) is 1.60. The van der Waals surface area contributed by atoms with E-state index >= 15 is 0 Å². The average molecular weight is 218 g/mol. The summed E-state index contributed by atoms with van der Waals surface area (Å²) in [6.07, 6.45) is 4.75. The molecule has 2 rings (SSSR count). The van der Waals surface area contributed by atoms with E-state index < -0.39 is 0 Å². The minimum Gasteiger partial charge on any atom is -0.465 e. The molecule has 0 atom stereocenters. The van der Waals surface area contributed by atoms with Crippen LogP contribution in [0.1, 0.15) is 5.56 Å². The maximum absolute atomic E-state index is 5.24. The molecule has 0 aliphatic carbocycles. The molecule has 0 bridgehead atoms. The predicted molar refractivity (Wildman–Crippen MR) is 45.7 cm³/mol. The molecule has 0 aromatic heterocycles. The fourth-order valence-corrected chi connectivity index (χ4v) is 1.08. The molecular weight excluding hydrogens is 210 g/mol. The Kier molecular flexibility index (Phi) is 5.35. The summed E-state index contributed by atoms with van der Waals surface area (Å²) in [5.74, 6) is 0.991. The minimum atomic E-state index is 0. The van der Waals surface area contributed by atoms with Crippen molar-refractivity contribution in [2.45, 2.75) is 6.42 Å². The van der Waals surface area contributed by atoms with Crippen LogP contribution >= 0.6 is 0 Å². The molecule has 1 aromatic rings. The smallest absolute Gasteiger partial charge is 0.130 e. The van der Waals surface area contributed by atoms with E-state index in [-0.39, 0.29) is 34.1 Å². The maximum Gasteiger partial charge on any atom is 0.130 e. The zero-order valence-electron chi connectivity index (χ0n) is 6.49. The molecule has 62 valence electrons. The summed E-state index contributed by atoms with van der Waals surface area (Å²) in [6.45, 7) is 0. The molecule has 1 heterocycles. The standard InChI is InChI=1S/C9H8O.Al.Co/c1-2-6-9-8(4-1)5-3-7-10-9;;/h1-4,6-7H,5H2;;. The zero-order chi connectivity index (χ0) is 6.81. The molecule has 1 aromatic carbocycles. The molecule has 0 saturated heterocycles. The van der Waals surface area contributed by atoms with E-state index in [2.05, 4.69) is 6.07 Å². The molecule has 0 fully saturated rings. The molecule has 0 N–H and O–H groups in total. The number of para-hydroxylation sites is 1. The van der Waals surface area contributed by atoms with Crippen molar-refractivity contribution in [1.82, 2.24) is 0 Å². The fourth-order valence-electron chi connectivity index (χ4n) is 1.08. The van der Waals surface area contributed by atoms with E-state index in [1.54, 1.807) is 6.26 Å². The van der Waals surface area contributed by atoms with Crippen molar-refractivity contribution in [3.63, 3.8) is 0 Å². The van der Waals surface area contributed by atoms with Crippen molar-refractivity contribution in [3.05, 3.63) is 42.2 Å². The Labute approximate surface area is 93.1 Å². The van der Waals surface area contributed by atoms with Crippen LogP contribution in [0.5, 0.6) is 5.75 Å². The summed E-state index contributed by atoms with van der Waals surface area (Å²) in [5.41, 5.74) is 1.27. The van der Waals surface area contributed by atoms with Gasteiger partial charge in [0.25, 0.3) is 0 Å². The van der Waals surface area contributed by atoms with E-state index in [1.807, 2.05) is 24.3 Å². The van der Waals surface area contributed by atoms with Crippen molar-refractivity contribution < 1.29 is 21.5 Å². The summed E-state index contributed by atoms with van der Waals surface area (Å²) in [5, 5.41) is 0. The second-order valence-corrected chi connectivity index (χ2v) is 2.30. The largest absolute Gasteiger partial charge is 0.465 e. The second kappa shape index (κ2) is 5.45. The third kappa shape index (κ3) is 2.39. The quantitative estimate of drug-likeness (QED) is 0.603. The molecule has 3 heteroatoms. The Morgan fingerprint density at radius 1 is 1.17 bits per heavy atom. The molecule has 12 heavy (non-hydrogen) atoms. The van der Waals surface area contributed by atoms with E-state index in [4.69, 9.17) is 4.74 Å². The Morgan fingerprint density at radius 3 is 2.67 bits per heavy atom. The molecule has 1 nitrogen and oxygen atoms in total. The number of rotatable bonds is 0. The summed E-state index contributed by atoms with van der Waals surface area (Å²) in [4.78, 5) is 0. The first-order valence-corrected chi connectivity index (χ1v) is 3.36. The van der Waals surface area contributed by atoms with Gasteiger partial charge in [0.2, 0.25) is 0 Å². The summed E-state index contributed by atoms with van der Waals surface area (Å²) in [6, 6.07) is 8.08. The number of ether oxygens (including phenoxy) is 1. The number of hydrogen-bond acceptors (Lipinski definition) is 1. The van der Waals surface area contributed by atoms with Crippen LogP contribution in [0.4, 0.5) is 0 Å². The van der Waals surface area contributed by atoms with Gasteiger partial charge in [-0.25, -0.2) is 0 Å². The van der Waals surface area contributed by atoms with Gasteiger partial charge >= 0.3 is 0 Å². The van der Waals surface area contributed by atoms with Gasteiger partial charge < -0.3 is 4.74 Å².